The number of hydrogen-bond donors (Lipinski definition) is 1. The topological polar surface area (TPSA) is 66.5 Å². The molecule has 4 amide bonds. The Morgan fingerprint density at radius 2 is 2.05 bits per heavy atom. The molecular weight excluding hydrogens is 331 g/mol. The molecule has 20 heavy (non-hydrogen) atoms. The molecule has 1 fully saturated rings. The molecule has 1 aliphatic heterocycles. The fraction of sp³-hybridized carbons (Fsp3) is 0.308. The van der Waals surface area contributed by atoms with E-state index in [0.717, 1.165) is 6.07 Å². The summed E-state index contributed by atoms with van der Waals surface area (Å²) < 4.78 is 14.4. The molecule has 0 saturated carbocycles. The van der Waals surface area contributed by atoms with Gasteiger partial charge < -0.3 is 0 Å². The number of hydrogen-bond acceptors (Lipinski definition) is 3. The van der Waals surface area contributed by atoms with Crippen molar-refractivity contribution in [1.82, 2.24) is 5.32 Å². The summed E-state index contributed by atoms with van der Waals surface area (Å²) in [5, 5.41) is 2.08. The summed E-state index contributed by atoms with van der Waals surface area (Å²) >= 11 is 3.10. The second-order valence-electron chi connectivity index (χ2n) is 4.41. The number of anilines is 1. The Bertz CT molecular complexity index is 591. The third kappa shape index (κ3) is 2.58. The van der Waals surface area contributed by atoms with Gasteiger partial charge in [-0.15, -0.1) is 0 Å². The van der Waals surface area contributed by atoms with Crippen molar-refractivity contribution in [2.24, 2.45) is 5.92 Å². The lowest BCUT2D eigenvalue weighted by Crippen LogP contribution is -2.58. The normalized spacial score (nSPS) is 19.2. The van der Waals surface area contributed by atoms with Gasteiger partial charge in [0, 0.05) is 4.47 Å². The van der Waals surface area contributed by atoms with Crippen LogP contribution in [0.4, 0.5) is 14.9 Å². The minimum atomic E-state index is -0.958. The lowest BCUT2D eigenvalue weighted by molar-refractivity contribution is -0.134. The van der Waals surface area contributed by atoms with Crippen molar-refractivity contribution in [2.75, 3.05) is 4.90 Å². The SMILES string of the molecule is CCCC1C(=O)NC(=O)N(c2ccc(Br)cc2F)C1=O. The molecule has 1 atom stereocenters. The zero-order valence-electron chi connectivity index (χ0n) is 10.7. The van der Waals surface area contributed by atoms with Gasteiger partial charge in [-0.3, -0.25) is 14.9 Å². The van der Waals surface area contributed by atoms with Gasteiger partial charge in [0.25, 0.3) is 0 Å². The number of carbonyl (C=O) groups excluding carboxylic acids is 3. The van der Waals surface area contributed by atoms with E-state index in [1.165, 1.54) is 12.1 Å². The van der Waals surface area contributed by atoms with Crippen molar-refractivity contribution >= 4 is 39.5 Å². The Labute approximate surface area is 123 Å². The first-order valence-corrected chi connectivity index (χ1v) is 6.88. The molecule has 0 aromatic heterocycles. The molecule has 1 N–H and O–H groups in total. The fourth-order valence-corrected chi connectivity index (χ4v) is 2.38. The zero-order chi connectivity index (χ0) is 14.9. The summed E-state index contributed by atoms with van der Waals surface area (Å²) in [6.07, 6.45) is 0.918. The Morgan fingerprint density at radius 3 is 2.65 bits per heavy atom. The highest BCUT2D eigenvalue weighted by Gasteiger charge is 2.41. The van der Waals surface area contributed by atoms with Gasteiger partial charge >= 0.3 is 6.03 Å². The van der Waals surface area contributed by atoms with Gasteiger partial charge in [0.1, 0.15) is 11.7 Å². The van der Waals surface area contributed by atoms with Crippen molar-refractivity contribution in [3.63, 3.8) is 0 Å². The number of imide groups is 2. The third-order valence-corrected chi connectivity index (χ3v) is 3.49. The number of barbiturate groups is 1. The maximum atomic E-state index is 13.9. The van der Waals surface area contributed by atoms with E-state index < -0.39 is 29.6 Å². The number of nitrogens with one attached hydrogen (secondary N) is 1. The molecule has 2 rings (SSSR count). The van der Waals surface area contributed by atoms with Crippen molar-refractivity contribution in [1.29, 1.82) is 0 Å². The van der Waals surface area contributed by atoms with Crippen LogP contribution in [-0.4, -0.2) is 17.8 Å². The van der Waals surface area contributed by atoms with Crippen LogP contribution in [0.15, 0.2) is 22.7 Å². The van der Waals surface area contributed by atoms with Crippen molar-refractivity contribution in [2.45, 2.75) is 19.8 Å². The number of rotatable bonds is 3. The number of benzene rings is 1. The van der Waals surface area contributed by atoms with Crippen LogP contribution in [0.1, 0.15) is 19.8 Å². The largest absolute Gasteiger partial charge is 0.335 e. The van der Waals surface area contributed by atoms with E-state index >= 15 is 0 Å². The van der Waals surface area contributed by atoms with Gasteiger partial charge in [-0.05, 0) is 24.6 Å². The Kier molecular flexibility index (Phi) is 4.17. The van der Waals surface area contributed by atoms with E-state index in [0.29, 0.717) is 22.2 Å². The van der Waals surface area contributed by atoms with Crippen molar-refractivity contribution in [3.05, 3.63) is 28.5 Å². The predicted molar refractivity (Wildman–Crippen MR) is 73.5 cm³/mol. The van der Waals surface area contributed by atoms with E-state index in [1.807, 2.05) is 6.92 Å². The summed E-state index contributed by atoms with van der Waals surface area (Å²) in [5.74, 6) is -2.99. The predicted octanol–water partition coefficient (Wildman–Crippen LogP) is 2.59. The van der Waals surface area contributed by atoms with Gasteiger partial charge in [0.2, 0.25) is 11.8 Å². The fourth-order valence-electron chi connectivity index (χ4n) is 2.05. The van der Waals surface area contributed by atoms with E-state index in [-0.39, 0.29) is 5.69 Å². The van der Waals surface area contributed by atoms with Crippen LogP contribution in [0.5, 0.6) is 0 Å². The Balaban J connectivity index is 2.41. The first-order valence-electron chi connectivity index (χ1n) is 6.09. The molecular formula is C13H12BrFN2O3. The lowest BCUT2D eigenvalue weighted by Gasteiger charge is -2.30. The molecule has 7 heteroatoms. The summed E-state index contributed by atoms with van der Waals surface area (Å²) in [7, 11) is 0. The average molecular weight is 343 g/mol. The van der Waals surface area contributed by atoms with E-state index in [9.17, 15) is 18.8 Å². The molecule has 0 aliphatic carbocycles. The highest BCUT2D eigenvalue weighted by atomic mass is 79.9. The molecule has 1 aliphatic rings. The summed E-state index contributed by atoms with van der Waals surface area (Å²) in [6, 6.07) is 3.06. The molecule has 106 valence electrons. The van der Waals surface area contributed by atoms with Crippen LogP contribution in [0.2, 0.25) is 0 Å². The van der Waals surface area contributed by atoms with Crippen LogP contribution >= 0.6 is 15.9 Å². The second kappa shape index (κ2) is 5.70. The molecule has 1 unspecified atom stereocenters. The summed E-state index contributed by atoms with van der Waals surface area (Å²) in [6.45, 7) is 1.82. The maximum Gasteiger partial charge on any atom is 0.335 e. The molecule has 0 bridgehead atoms. The van der Waals surface area contributed by atoms with E-state index in [1.54, 1.807) is 0 Å². The van der Waals surface area contributed by atoms with Crippen molar-refractivity contribution < 1.29 is 18.8 Å². The Morgan fingerprint density at radius 1 is 1.35 bits per heavy atom. The molecule has 0 radical (unpaired) electrons. The Hall–Kier alpha value is -1.76. The van der Waals surface area contributed by atoms with Gasteiger partial charge in [0.15, 0.2) is 0 Å². The minimum Gasteiger partial charge on any atom is -0.277 e. The number of amides is 4. The molecule has 1 aromatic rings. The van der Waals surface area contributed by atoms with Gasteiger partial charge in [-0.1, -0.05) is 29.3 Å². The molecule has 1 heterocycles. The first kappa shape index (κ1) is 14.6. The third-order valence-electron chi connectivity index (χ3n) is 3.00. The molecule has 1 saturated heterocycles. The molecule has 1 aromatic carbocycles. The van der Waals surface area contributed by atoms with Crippen molar-refractivity contribution in [3.8, 4) is 0 Å². The van der Waals surface area contributed by atoms with Crippen LogP contribution in [0.25, 0.3) is 0 Å². The van der Waals surface area contributed by atoms with Crippen LogP contribution in [0, 0.1) is 11.7 Å². The second-order valence-corrected chi connectivity index (χ2v) is 5.32. The lowest BCUT2D eigenvalue weighted by atomic mass is 9.99. The summed E-state index contributed by atoms with van der Waals surface area (Å²) in [5.41, 5.74) is -0.163. The van der Waals surface area contributed by atoms with Crippen LogP contribution in [-0.2, 0) is 9.59 Å². The highest BCUT2D eigenvalue weighted by molar-refractivity contribution is 9.10. The van der Waals surface area contributed by atoms with Gasteiger partial charge in [-0.25, -0.2) is 14.1 Å². The van der Waals surface area contributed by atoms with E-state index in [4.69, 9.17) is 0 Å². The van der Waals surface area contributed by atoms with E-state index in [2.05, 4.69) is 21.2 Å². The first-order chi connectivity index (χ1) is 9.45. The quantitative estimate of drug-likeness (QED) is 0.858. The zero-order valence-corrected chi connectivity index (χ0v) is 12.2. The number of nitrogens with zero attached hydrogens (tertiary/aromatic N) is 1. The van der Waals surface area contributed by atoms with Crippen LogP contribution < -0.4 is 10.2 Å². The highest BCUT2D eigenvalue weighted by Crippen LogP contribution is 2.27. The number of halogens is 2. The number of carbonyl (C=O) groups is 3. The average Bonchev–Trinajstić information content (AvgIpc) is 2.37. The summed E-state index contributed by atoms with van der Waals surface area (Å²) in [4.78, 5) is 36.4. The monoisotopic (exact) mass is 342 g/mol. The molecule has 5 nitrogen and oxygen atoms in total. The van der Waals surface area contributed by atoms with Crippen LogP contribution in [0.3, 0.4) is 0 Å². The molecule has 0 spiro atoms. The standard InChI is InChI=1S/C13H12BrFN2O3/c1-2-3-8-11(18)16-13(20)17(12(8)19)10-5-4-7(14)6-9(10)15/h4-6,8H,2-3H2,1H3,(H,16,18,20). The van der Waals surface area contributed by atoms with Gasteiger partial charge in [0.05, 0.1) is 5.69 Å². The maximum absolute atomic E-state index is 13.9. The minimum absolute atomic E-state index is 0.163. The smallest absolute Gasteiger partial charge is 0.277 e. The number of urea groups is 1. The van der Waals surface area contributed by atoms with Gasteiger partial charge in [-0.2, -0.15) is 0 Å².